The molecule has 0 aliphatic carbocycles. The van der Waals surface area contributed by atoms with Crippen LogP contribution in [0.5, 0.6) is 17.2 Å². The number of nitrogens with one attached hydrogen (secondary N) is 1. The van der Waals surface area contributed by atoms with Crippen LogP contribution in [0.25, 0.3) is 0 Å². The van der Waals surface area contributed by atoms with E-state index in [4.69, 9.17) is 31.8 Å². The molecule has 1 N–H and O–H groups in total. The normalized spacial score (nSPS) is 9.76. The summed E-state index contributed by atoms with van der Waals surface area (Å²) in [6, 6.07) is 9.61. The molecular formula is C27H26N2O8. The second-order valence-electron chi connectivity index (χ2n) is 7.36. The zero-order chi connectivity index (χ0) is 27.4. The number of hydrogen-bond acceptors (Lipinski definition) is 8. The van der Waals surface area contributed by atoms with E-state index in [1.54, 1.807) is 24.3 Å². The summed E-state index contributed by atoms with van der Waals surface area (Å²) in [7, 11) is 4.07. The molecule has 0 fully saturated rings. The molecule has 0 saturated carbocycles. The minimum Gasteiger partial charge on any atom is -0.497 e. The van der Waals surface area contributed by atoms with Crippen molar-refractivity contribution in [3.05, 3.63) is 47.5 Å². The number of ether oxygens (including phenoxy) is 4. The van der Waals surface area contributed by atoms with Gasteiger partial charge in [0.2, 0.25) is 5.91 Å². The van der Waals surface area contributed by atoms with E-state index in [-0.39, 0.29) is 48.7 Å². The minimum atomic E-state index is -0.771. The first kappa shape index (κ1) is 28.3. The first-order valence-electron chi connectivity index (χ1n) is 10.9. The molecule has 37 heavy (non-hydrogen) atoms. The van der Waals surface area contributed by atoms with E-state index in [2.05, 4.69) is 5.32 Å². The lowest BCUT2D eigenvalue weighted by atomic mass is 10.1. The van der Waals surface area contributed by atoms with Gasteiger partial charge < -0.3 is 24.3 Å². The molecule has 0 aromatic heterocycles. The highest BCUT2D eigenvalue weighted by Crippen LogP contribution is 2.34. The Balaban J connectivity index is 2.13. The summed E-state index contributed by atoms with van der Waals surface area (Å²) in [5.74, 6) is 2.05. The van der Waals surface area contributed by atoms with Gasteiger partial charge in [0, 0.05) is 18.7 Å². The molecule has 0 atom stereocenters. The summed E-state index contributed by atoms with van der Waals surface area (Å²) in [5, 5.41) is 2.40. The number of hydrogen-bond donors (Lipinski definition) is 1. The quantitative estimate of drug-likeness (QED) is 0.279. The highest BCUT2D eigenvalue weighted by atomic mass is 16.5. The fraction of sp³-hybridized carbons (Fsp3) is 0.259. The molecule has 0 aliphatic heterocycles. The second kappa shape index (κ2) is 13.8. The summed E-state index contributed by atoms with van der Waals surface area (Å²) in [4.78, 5) is 49.8. The lowest BCUT2D eigenvalue weighted by Crippen LogP contribution is -2.38. The summed E-state index contributed by atoms with van der Waals surface area (Å²) in [6.07, 6.45) is 10.5. The summed E-state index contributed by atoms with van der Waals surface area (Å²) < 4.78 is 20.9. The van der Waals surface area contributed by atoms with Crippen LogP contribution >= 0.6 is 0 Å². The average Bonchev–Trinajstić information content (AvgIpc) is 2.92. The molecule has 192 valence electrons. The zero-order valence-corrected chi connectivity index (χ0v) is 20.7. The molecule has 0 heterocycles. The van der Waals surface area contributed by atoms with E-state index in [1.165, 1.54) is 33.5 Å². The number of amides is 3. The van der Waals surface area contributed by atoms with Crippen molar-refractivity contribution in [3.8, 4) is 41.9 Å². The molecule has 2 rings (SSSR count). The van der Waals surface area contributed by atoms with Gasteiger partial charge in [-0.2, -0.15) is 0 Å². The molecule has 10 nitrogen and oxygen atoms in total. The summed E-state index contributed by atoms with van der Waals surface area (Å²) >= 11 is 0. The second-order valence-corrected chi connectivity index (χ2v) is 7.36. The molecule has 0 bridgehead atoms. The van der Waals surface area contributed by atoms with Crippen molar-refractivity contribution in [2.75, 3.05) is 39.8 Å². The number of anilines is 1. The van der Waals surface area contributed by atoms with Crippen LogP contribution in [0, 0.1) is 24.7 Å². The van der Waals surface area contributed by atoms with Crippen LogP contribution in [-0.2, 0) is 25.5 Å². The molecule has 10 heteroatoms. The topological polar surface area (TPSA) is 120 Å². The van der Waals surface area contributed by atoms with Gasteiger partial charge in [-0.25, -0.2) is 4.79 Å². The van der Waals surface area contributed by atoms with Gasteiger partial charge in [-0.05, 0) is 36.0 Å². The average molecular weight is 507 g/mol. The molecule has 0 saturated heterocycles. The van der Waals surface area contributed by atoms with Crippen molar-refractivity contribution in [1.29, 1.82) is 0 Å². The van der Waals surface area contributed by atoms with E-state index < -0.39 is 23.7 Å². The van der Waals surface area contributed by atoms with Crippen LogP contribution in [-0.4, -0.2) is 63.1 Å². The number of imide groups is 1. The molecular weight excluding hydrogens is 480 g/mol. The Morgan fingerprint density at radius 3 is 2.35 bits per heavy atom. The molecule has 0 aliphatic rings. The first-order valence-corrected chi connectivity index (χ1v) is 10.9. The zero-order valence-electron chi connectivity index (χ0n) is 20.7. The number of rotatable bonds is 11. The van der Waals surface area contributed by atoms with Gasteiger partial charge in [-0.3, -0.25) is 19.3 Å². The van der Waals surface area contributed by atoms with Crippen LogP contribution in [0.3, 0.4) is 0 Å². The van der Waals surface area contributed by atoms with Crippen molar-refractivity contribution in [3.63, 3.8) is 0 Å². The number of esters is 1. The largest absolute Gasteiger partial charge is 0.497 e. The maximum absolute atomic E-state index is 12.8. The number of nitrogens with zero attached hydrogens (tertiary/aromatic N) is 1. The van der Waals surface area contributed by atoms with Gasteiger partial charge in [-0.1, -0.05) is 12.1 Å². The van der Waals surface area contributed by atoms with E-state index in [0.29, 0.717) is 11.3 Å². The van der Waals surface area contributed by atoms with Gasteiger partial charge in [-0.15, -0.1) is 12.8 Å². The van der Waals surface area contributed by atoms with Crippen molar-refractivity contribution < 1.29 is 38.1 Å². The Labute approximate surface area is 214 Å². The Morgan fingerprint density at radius 1 is 0.973 bits per heavy atom. The maximum Gasteiger partial charge on any atom is 0.340 e. The number of carbonyl (C=O) groups excluding carboxylic acids is 4. The molecule has 2 aromatic rings. The molecule has 3 amide bonds. The first-order chi connectivity index (χ1) is 17.8. The van der Waals surface area contributed by atoms with Crippen LogP contribution in [0.15, 0.2) is 36.4 Å². The summed E-state index contributed by atoms with van der Waals surface area (Å²) in [6.45, 7) is 0.0299. The fourth-order valence-corrected chi connectivity index (χ4v) is 3.25. The number of terminal acetylenes is 2. The predicted molar refractivity (Wildman–Crippen MR) is 134 cm³/mol. The molecule has 0 radical (unpaired) electrons. The summed E-state index contributed by atoms with van der Waals surface area (Å²) in [5.41, 5.74) is 0.722. The number of benzene rings is 2. The van der Waals surface area contributed by atoms with Crippen molar-refractivity contribution >= 4 is 29.4 Å². The number of methoxy groups -OCH3 is 3. The van der Waals surface area contributed by atoms with Gasteiger partial charge in [0.1, 0.15) is 5.75 Å². The third kappa shape index (κ3) is 7.77. The smallest absolute Gasteiger partial charge is 0.340 e. The number of carbonyl (C=O) groups is 4. The van der Waals surface area contributed by atoms with Gasteiger partial charge in [0.05, 0.1) is 45.6 Å². The minimum absolute atomic E-state index is 0.00564. The van der Waals surface area contributed by atoms with Crippen LogP contribution in [0.2, 0.25) is 0 Å². The van der Waals surface area contributed by atoms with Gasteiger partial charge >= 0.3 is 11.9 Å². The third-order valence-corrected chi connectivity index (χ3v) is 5.03. The van der Waals surface area contributed by atoms with Crippen molar-refractivity contribution in [1.82, 2.24) is 4.90 Å². The van der Waals surface area contributed by atoms with Crippen LogP contribution in [0.1, 0.15) is 22.3 Å². The highest BCUT2D eigenvalue weighted by Gasteiger charge is 2.21. The molecule has 2 aromatic carbocycles. The monoisotopic (exact) mass is 506 g/mol. The Kier molecular flexibility index (Phi) is 10.6. The SMILES string of the molecule is C#CC(=O)Nc1cc(OC)c(OCCCN(C(=O)C#C)C(=O)Cc2cccc(OC)c2)cc1C(=O)OC. The van der Waals surface area contributed by atoms with E-state index in [9.17, 15) is 19.2 Å². The third-order valence-electron chi connectivity index (χ3n) is 5.03. The lowest BCUT2D eigenvalue weighted by molar-refractivity contribution is -0.141. The van der Waals surface area contributed by atoms with E-state index in [1.807, 2.05) is 11.8 Å². The molecule has 0 spiro atoms. The Morgan fingerprint density at radius 2 is 1.73 bits per heavy atom. The van der Waals surface area contributed by atoms with E-state index >= 15 is 0 Å². The molecule has 0 unspecified atom stereocenters. The van der Waals surface area contributed by atoms with E-state index in [0.717, 1.165) is 4.90 Å². The van der Waals surface area contributed by atoms with Gasteiger partial charge in [0.15, 0.2) is 11.5 Å². The lowest BCUT2D eigenvalue weighted by Gasteiger charge is -2.19. The van der Waals surface area contributed by atoms with Crippen molar-refractivity contribution in [2.24, 2.45) is 0 Å². The van der Waals surface area contributed by atoms with Crippen LogP contribution < -0.4 is 19.5 Å². The van der Waals surface area contributed by atoms with Crippen molar-refractivity contribution in [2.45, 2.75) is 12.8 Å². The maximum atomic E-state index is 12.8. The highest BCUT2D eigenvalue weighted by molar-refractivity contribution is 6.08. The standard InChI is InChI=1S/C27H26N2O8/c1-6-24(30)28-21-17-22(35-4)23(16-20(21)27(33)36-5)37-13-9-12-29(25(31)7-2)26(32)15-18-10-8-11-19(14-18)34-3/h1-2,8,10-11,14,16-17H,9,12-13,15H2,3-5H3,(H,28,30). The van der Waals surface area contributed by atoms with Gasteiger partial charge in [0.25, 0.3) is 5.91 Å². The fourth-order valence-electron chi connectivity index (χ4n) is 3.25. The van der Waals surface area contributed by atoms with Crippen LogP contribution in [0.4, 0.5) is 5.69 Å². The Bertz CT molecular complexity index is 1260. The predicted octanol–water partition coefficient (Wildman–Crippen LogP) is 2.06. The Hall–Kier alpha value is -4.96.